The highest BCUT2D eigenvalue weighted by Crippen LogP contribution is 2.30. The van der Waals surface area contributed by atoms with E-state index in [2.05, 4.69) is 5.32 Å². The monoisotopic (exact) mass is 369 g/mol. The van der Waals surface area contributed by atoms with Gasteiger partial charge in [-0.1, -0.05) is 0 Å². The van der Waals surface area contributed by atoms with Crippen LogP contribution in [-0.2, 0) is 14.3 Å². The lowest BCUT2D eigenvalue weighted by Crippen LogP contribution is -2.50. The van der Waals surface area contributed by atoms with Gasteiger partial charge in [0.25, 0.3) is 0 Å². The van der Waals surface area contributed by atoms with Crippen molar-refractivity contribution in [3.8, 4) is 0 Å². The minimum Gasteiger partial charge on any atom is -0.481 e. The molecule has 0 saturated carbocycles. The van der Waals surface area contributed by atoms with Crippen molar-refractivity contribution in [2.75, 3.05) is 45.9 Å². The van der Waals surface area contributed by atoms with Gasteiger partial charge in [-0.2, -0.15) is 0 Å². The number of carbonyl (C=O) groups excluding carboxylic acids is 2. The summed E-state index contributed by atoms with van der Waals surface area (Å²) in [6, 6.07) is 0.0286. The van der Waals surface area contributed by atoms with Gasteiger partial charge >= 0.3 is 12.0 Å². The molecule has 2 aliphatic rings. The van der Waals surface area contributed by atoms with Gasteiger partial charge in [-0.05, 0) is 39.5 Å². The number of carboxylic acids is 1. The molecule has 148 valence electrons. The van der Waals surface area contributed by atoms with E-state index in [-0.39, 0.29) is 24.4 Å². The maximum absolute atomic E-state index is 12.5. The van der Waals surface area contributed by atoms with E-state index in [9.17, 15) is 19.5 Å². The predicted octanol–water partition coefficient (Wildman–Crippen LogP) is 1.16. The predicted molar refractivity (Wildman–Crippen MR) is 95.7 cm³/mol. The van der Waals surface area contributed by atoms with Crippen LogP contribution in [0.1, 0.15) is 39.5 Å². The van der Waals surface area contributed by atoms with E-state index in [1.807, 2.05) is 13.8 Å². The fourth-order valence-electron chi connectivity index (χ4n) is 3.66. The van der Waals surface area contributed by atoms with Gasteiger partial charge < -0.3 is 25.0 Å². The van der Waals surface area contributed by atoms with Crippen LogP contribution in [0.2, 0.25) is 0 Å². The maximum Gasteiger partial charge on any atom is 0.319 e. The Morgan fingerprint density at radius 3 is 2.23 bits per heavy atom. The Morgan fingerprint density at radius 2 is 1.73 bits per heavy atom. The maximum atomic E-state index is 12.5. The van der Waals surface area contributed by atoms with Crippen molar-refractivity contribution in [3.05, 3.63) is 0 Å². The van der Waals surface area contributed by atoms with Crippen LogP contribution in [0.4, 0.5) is 4.79 Å². The number of nitrogens with one attached hydrogen (secondary N) is 1. The van der Waals surface area contributed by atoms with Crippen molar-refractivity contribution >= 4 is 17.9 Å². The third-order valence-electron chi connectivity index (χ3n) is 5.67. The van der Waals surface area contributed by atoms with Crippen LogP contribution in [0, 0.1) is 11.3 Å². The molecule has 0 aliphatic carbocycles. The molecule has 0 aromatic rings. The van der Waals surface area contributed by atoms with Gasteiger partial charge in [-0.3, -0.25) is 9.59 Å². The summed E-state index contributed by atoms with van der Waals surface area (Å²) in [5.74, 6) is -1.14. The Labute approximate surface area is 154 Å². The largest absolute Gasteiger partial charge is 0.481 e. The lowest BCUT2D eigenvalue weighted by Gasteiger charge is -2.36. The second-order valence-corrected chi connectivity index (χ2v) is 7.13. The molecular weight excluding hydrogens is 338 g/mol. The molecule has 2 rings (SSSR count). The number of aliphatic carboxylic acids is 1. The Balaban J connectivity index is 1.82. The molecule has 2 N–H and O–H groups in total. The highest BCUT2D eigenvalue weighted by molar-refractivity contribution is 5.81. The van der Waals surface area contributed by atoms with Crippen molar-refractivity contribution in [2.45, 2.75) is 39.5 Å². The fraction of sp³-hybridized carbons (Fsp3) is 0.833. The minimum absolute atomic E-state index is 0.0286. The molecule has 2 fully saturated rings. The molecule has 26 heavy (non-hydrogen) atoms. The van der Waals surface area contributed by atoms with E-state index in [0.717, 1.165) is 0 Å². The average molecular weight is 369 g/mol. The first-order chi connectivity index (χ1) is 12.4. The Hall–Kier alpha value is -1.83. The van der Waals surface area contributed by atoms with Crippen LogP contribution in [0.15, 0.2) is 0 Å². The number of urea groups is 1. The summed E-state index contributed by atoms with van der Waals surface area (Å²) in [4.78, 5) is 40.1. The van der Waals surface area contributed by atoms with E-state index in [4.69, 9.17) is 4.74 Å². The summed E-state index contributed by atoms with van der Waals surface area (Å²) in [5, 5.41) is 12.4. The smallest absolute Gasteiger partial charge is 0.319 e. The van der Waals surface area contributed by atoms with Crippen LogP contribution in [0.3, 0.4) is 0 Å². The van der Waals surface area contributed by atoms with Crippen molar-refractivity contribution in [1.29, 1.82) is 0 Å². The van der Waals surface area contributed by atoms with Gasteiger partial charge in [0, 0.05) is 51.9 Å². The van der Waals surface area contributed by atoms with E-state index in [1.54, 1.807) is 9.80 Å². The number of carboxylic acid groups (broad SMARTS) is 1. The first-order valence-electron chi connectivity index (χ1n) is 9.56. The number of hydrogen-bond acceptors (Lipinski definition) is 4. The summed E-state index contributed by atoms with van der Waals surface area (Å²) in [7, 11) is 0. The molecule has 0 aromatic heterocycles. The van der Waals surface area contributed by atoms with E-state index in [1.165, 1.54) is 0 Å². The number of ether oxygens (including phenoxy) is 1. The lowest BCUT2D eigenvalue weighted by molar-refractivity contribution is -0.154. The summed E-state index contributed by atoms with van der Waals surface area (Å²) < 4.78 is 5.25. The summed E-state index contributed by atoms with van der Waals surface area (Å²) in [5.41, 5.74) is -0.923. The molecule has 0 unspecified atom stereocenters. The van der Waals surface area contributed by atoms with Crippen molar-refractivity contribution in [1.82, 2.24) is 15.1 Å². The van der Waals surface area contributed by atoms with E-state index < -0.39 is 11.4 Å². The van der Waals surface area contributed by atoms with Crippen LogP contribution in [0.25, 0.3) is 0 Å². The zero-order chi connectivity index (χ0) is 19.2. The highest BCUT2D eigenvalue weighted by atomic mass is 16.5. The molecule has 2 aliphatic heterocycles. The number of rotatable bonds is 6. The van der Waals surface area contributed by atoms with Crippen molar-refractivity contribution in [3.63, 3.8) is 0 Å². The number of piperidine rings is 1. The topological polar surface area (TPSA) is 99.2 Å². The summed E-state index contributed by atoms with van der Waals surface area (Å²) in [6.45, 7) is 7.35. The third-order valence-corrected chi connectivity index (χ3v) is 5.67. The van der Waals surface area contributed by atoms with Crippen LogP contribution in [0.5, 0.6) is 0 Å². The first kappa shape index (κ1) is 20.5. The average Bonchev–Trinajstić information content (AvgIpc) is 2.67. The quantitative estimate of drug-likeness (QED) is 0.732. The second kappa shape index (κ2) is 9.21. The van der Waals surface area contributed by atoms with Crippen LogP contribution >= 0.6 is 0 Å². The molecule has 0 aromatic carbocycles. The number of carbonyl (C=O) groups is 3. The molecule has 0 radical (unpaired) electrons. The molecule has 2 heterocycles. The number of likely N-dealkylation sites (tertiary alicyclic amines) is 1. The zero-order valence-electron chi connectivity index (χ0n) is 15.8. The molecule has 2 saturated heterocycles. The van der Waals surface area contributed by atoms with Crippen molar-refractivity contribution in [2.24, 2.45) is 11.3 Å². The molecule has 0 atom stereocenters. The molecule has 3 amide bonds. The van der Waals surface area contributed by atoms with Crippen LogP contribution < -0.4 is 5.32 Å². The highest BCUT2D eigenvalue weighted by Gasteiger charge is 2.41. The Morgan fingerprint density at radius 1 is 1.15 bits per heavy atom. The SMILES string of the molecule is CCN(CC)C(=O)N1CCC(C(=O)NCC2(C(=O)O)CCOCC2)CC1. The Bertz CT molecular complexity index is 507. The molecule has 0 spiro atoms. The van der Waals surface area contributed by atoms with Gasteiger partial charge in [0.15, 0.2) is 0 Å². The number of hydrogen-bond donors (Lipinski definition) is 2. The number of amides is 3. The summed E-state index contributed by atoms with van der Waals surface area (Å²) in [6.07, 6.45) is 2.06. The normalized spacial score (nSPS) is 20.5. The standard InChI is InChI=1S/C18H31N3O5/c1-3-20(4-2)17(25)21-9-5-14(6-10-21)15(22)19-13-18(16(23)24)7-11-26-12-8-18/h14H,3-13H2,1-2H3,(H,19,22)(H,23,24). The van der Waals surface area contributed by atoms with Gasteiger partial charge in [0.05, 0.1) is 5.41 Å². The van der Waals surface area contributed by atoms with Gasteiger partial charge in [-0.15, -0.1) is 0 Å². The lowest BCUT2D eigenvalue weighted by atomic mass is 9.80. The van der Waals surface area contributed by atoms with Crippen LogP contribution in [-0.4, -0.2) is 78.8 Å². The zero-order valence-corrected chi connectivity index (χ0v) is 15.8. The van der Waals surface area contributed by atoms with E-state index >= 15 is 0 Å². The molecule has 8 heteroatoms. The Kier molecular flexibility index (Phi) is 7.25. The molecular formula is C18H31N3O5. The van der Waals surface area contributed by atoms with Gasteiger partial charge in [0.1, 0.15) is 0 Å². The molecule has 8 nitrogen and oxygen atoms in total. The second-order valence-electron chi connectivity index (χ2n) is 7.13. The summed E-state index contributed by atoms with van der Waals surface area (Å²) >= 11 is 0. The van der Waals surface area contributed by atoms with E-state index in [0.29, 0.717) is 65.1 Å². The molecule has 0 bridgehead atoms. The van der Waals surface area contributed by atoms with Gasteiger partial charge in [-0.25, -0.2) is 4.79 Å². The fourth-order valence-corrected chi connectivity index (χ4v) is 3.66. The third kappa shape index (κ3) is 4.66. The number of nitrogens with zero attached hydrogens (tertiary/aromatic N) is 2. The minimum atomic E-state index is -0.923. The first-order valence-corrected chi connectivity index (χ1v) is 9.56. The van der Waals surface area contributed by atoms with Crippen molar-refractivity contribution < 1.29 is 24.2 Å². The van der Waals surface area contributed by atoms with Gasteiger partial charge in [0.2, 0.25) is 5.91 Å².